The van der Waals surface area contributed by atoms with Crippen molar-refractivity contribution in [3.8, 4) is 12.1 Å². The number of aryl methyl sites for hydroxylation is 1. The summed E-state index contributed by atoms with van der Waals surface area (Å²) in [6, 6.07) is 9.73. The van der Waals surface area contributed by atoms with Crippen molar-refractivity contribution in [2.75, 3.05) is 12.4 Å². The Bertz CT molecular complexity index is 1220. The van der Waals surface area contributed by atoms with Gasteiger partial charge < -0.3 is 15.2 Å². The molecule has 0 amide bonds. The molecule has 0 unspecified atom stereocenters. The summed E-state index contributed by atoms with van der Waals surface area (Å²) in [7, 11) is 1.05. The Morgan fingerprint density at radius 1 is 1.21 bits per heavy atom. The zero-order valence-corrected chi connectivity index (χ0v) is 22.7. The molecule has 33 heavy (non-hydrogen) atoms. The summed E-state index contributed by atoms with van der Waals surface area (Å²) in [4.78, 5) is 25.7. The van der Waals surface area contributed by atoms with Crippen molar-refractivity contribution in [2.24, 2.45) is 0 Å². The first kappa shape index (κ1) is 27.3. The van der Waals surface area contributed by atoms with Crippen LogP contribution >= 0.6 is 22.9 Å². The molecule has 1 aromatic heterocycles. The standard InChI is InChI=1S/C23H18ClN3O4S.K/c1-31-23(30)17(12-26)21(29)18(10-19(28)13-6-8-14(24)9-7-13)27-22-16(11-25)15-4-2-3-5-20(15)32-22;/h6-10,27,29H,2-5H2,1H3;/q;+1/p-1. The van der Waals surface area contributed by atoms with E-state index in [1.807, 2.05) is 0 Å². The molecule has 1 aliphatic rings. The summed E-state index contributed by atoms with van der Waals surface area (Å²) in [6.07, 6.45) is 4.55. The molecule has 0 aliphatic heterocycles. The predicted molar refractivity (Wildman–Crippen MR) is 118 cm³/mol. The maximum Gasteiger partial charge on any atom is 1.00 e. The Kier molecular flexibility index (Phi) is 10.3. The fraction of sp³-hybridized carbons (Fsp3) is 0.217. The van der Waals surface area contributed by atoms with Crippen LogP contribution in [0.5, 0.6) is 0 Å². The minimum Gasteiger partial charge on any atom is -0.870 e. The minimum atomic E-state index is -1.12. The van der Waals surface area contributed by atoms with E-state index in [0.29, 0.717) is 15.6 Å². The van der Waals surface area contributed by atoms with Gasteiger partial charge in [-0.25, -0.2) is 4.79 Å². The van der Waals surface area contributed by atoms with Gasteiger partial charge in [0.1, 0.15) is 22.7 Å². The number of halogens is 1. The van der Waals surface area contributed by atoms with Gasteiger partial charge in [-0.2, -0.15) is 10.5 Å². The number of thiophene rings is 1. The number of allylic oxidation sites excluding steroid dienone is 1. The van der Waals surface area contributed by atoms with E-state index >= 15 is 0 Å². The van der Waals surface area contributed by atoms with E-state index in [-0.39, 0.29) is 62.6 Å². The van der Waals surface area contributed by atoms with Crippen molar-refractivity contribution in [3.05, 3.63) is 74.0 Å². The summed E-state index contributed by atoms with van der Waals surface area (Å²) in [5.41, 5.74) is 0.500. The van der Waals surface area contributed by atoms with Gasteiger partial charge in [-0.05, 0) is 55.5 Å². The number of benzene rings is 1. The number of fused-ring (bicyclic) bond motifs is 1. The molecule has 1 N–H and O–H groups in total. The number of carbonyl (C=O) groups excluding carboxylic acids is 2. The second kappa shape index (κ2) is 12.5. The SMILES string of the molecule is COC(=O)C(C#N)=C([O-])C(=CC(=O)c1ccc(Cl)cc1)Nc1sc2c(c1C#N)CCCC2.[K+]. The third kappa shape index (κ3) is 6.34. The average Bonchev–Trinajstić information content (AvgIpc) is 3.16. The number of ether oxygens (including phenoxy) is 1. The largest absolute Gasteiger partial charge is 1.00 e. The molecule has 1 heterocycles. The van der Waals surface area contributed by atoms with E-state index in [2.05, 4.69) is 16.1 Å². The summed E-state index contributed by atoms with van der Waals surface area (Å²) < 4.78 is 4.52. The molecule has 162 valence electrons. The summed E-state index contributed by atoms with van der Waals surface area (Å²) in [6.45, 7) is 0. The first-order chi connectivity index (χ1) is 15.4. The Morgan fingerprint density at radius 2 is 1.88 bits per heavy atom. The molecule has 3 rings (SSSR count). The molecule has 0 saturated heterocycles. The second-order valence-electron chi connectivity index (χ2n) is 6.89. The number of rotatable bonds is 6. The molecule has 7 nitrogen and oxygen atoms in total. The van der Waals surface area contributed by atoms with Crippen LogP contribution in [0.3, 0.4) is 0 Å². The van der Waals surface area contributed by atoms with Crippen molar-refractivity contribution in [2.45, 2.75) is 25.7 Å². The van der Waals surface area contributed by atoms with Crippen LogP contribution in [0.1, 0.15) is 39.2 Å². The van der Waals surface area contributed by atoms with Crippen LogP contribution in [0.25, 0.3) is 0 Å². The van der Waals surface area contributed by atoms with Crippen LogP contribution in [0.15, 0.2) is 47.4 Å². The Morgan fingerprint density at radius 3 is 2.48 bits per heavy atom. The van der Waals surface area contributed by atoms with E-state index in [0.717, 1.165) is 49.3 Å². The van der Waals surface area contributed by atoms with Crippen molar-refractivity contribution in [3.63, 3.8) is 0 Å². The number of anilines is 1. The predicted octanol–water partition coefficient (Wildman–Crippen LogP) is 0.646. The van der Waals surface area contributed by atoms with Crippen molar-refractivity contribution in [1.82, 2.24) is 0 Å². The Balaban J connectivity index is 0.00000385. The van der Waals surface area contributed by atoms with E-state index < -0.39 is 23.1 Å². The van der Waals surface area contributed by atoms with Gasteiger partial charge in [-0.3, -0.25) is 4.79 Å². The van der Waals surface area contributed by atoms with Crippen LogP contribution < -0.4 is 61.8 Å². The monoisotopic (exact) mass is 505 g/mol. The molecule has 1 aromatic carbocycles. The van der Waals surface area contributed by atoms with Gasteiger partial charge >= 0.3 is 57.4 Å². The number of ketones is 1. The van der Waals surface area contributed by atoms with Crippen molar-refractivity contribution < 1.29 is 70.8 Å². The smallest absolute Gasteiger partial charge is 0.870 e. The molecule has 0 atom stereocenters. The van der Waals surface area contributed by atoms with Gasteiger partial charge in [0.25, 0.3) is 0 Å². The van der Waals surface area contributed by atoms with Gasteiger partial charge in [0.15, 0.2) is 5.78 Å². The van der Waals surface area contributed by atoms with Gasteiger partial charge in [-0.15, -0.1) is 11.3 Å². The summed E-state index contributed by atoms with van der Waals surface area (Å²) >= 11 is 7.19. The van der Waals surface area contributed by atoms with Crippen LogP contribution in [0.2, 0.25) is 5.02 Å². The van der Waals surface area contributed by atoms with Gasteiger partial charge in [0, 0.05) is 27.2 Å². The molecule has 10 heteroatoms. The minimum absolute atomic E-state index is 0. The van der Waals surface area contributed by atoms with E-state index in [1.165, 1.54) is 41.7 Å². The number of hydrogen-bond donors (Lipinski definition) is 1. The number of esters is 1. The van der Waals surface area contributed by atoms with Crippen LogP contribution in [-0.4, -0.2) is 18.9 Å². The molecule has 0 saturated carbocycles. The number of carbonyl (C=O) groups is 2. The quantitative estimate of drug-likeness (QED) is 0.116. The summed E-state index contributed by atoms with van der Waals surface area (Å²) in [5.74, 6) is -2.66. The molecule has 1 aliphatic carbocycles. The number of methoxy groups -OCH3 is 1. The van der Waals surface area contributed by atoms with Crippen LogP contribution in [-0.2, 0) is 22.4 Å². The summed E-state index contributed by atoms with van der Waals surface area (Å²) in [5, 5.41) is 35.7. The fourth-order valence-corrected chi connectivity index (χ4v) is 4.69. The maximum absolute atomic E-state index is 13.0. The third-order valence-corrected chi connectivity index (χ3v) is 6.37. The molecule has 0 bridgehead atoms. The Hall–Kier alpha value is -1.95. The fourth-order valence-electron chi connectivity index (χ4n) is 3.31. The molecular formula is C23H17ClKN3O4S. The zero-order chi connectivity index (χ0) is 23.3. The Labute approximate surface area is 242 Å². The molecular weight excluding hydrogens is 489 g/mol. The molecule has 0 spiro atoms. The molecule has 0 radical (unpaired) electrons. The first-order valence-corrected chi connectivity index (χ1v) is 10.8. The van der Waals surface area contributed by atoms with E-state index in [1.54, 1.807) is 0 Å². The normalized spacial score (nSPS) is 13.4. The third-order valence-electron chi connectivity index (χ3n) is 4.91. The van der Waals surface area contributed by atoms with Crippen molar-refractivity contribution in [1.29, 1.82) is 10.5 Å². The topological polar surface area (TPSA) is 126 Å². The number of nitriles is 2. The maximum atomic E-state index is 13.0. The van der Waals surface area contributed by atoms with Gasteiger partial charge in [0.05, 0.1) is 12.7 Å². The number of hydrogen-bond acceptors (Lipinski definition) is 8. The first-order valence-electron chi connectivity index (χ1n) is 9.63. The number of nitrogens with zero attached hydrogens (tertiary/aromatic N) is 2. The zero-order valence-electron chi connectivity index (χ0n) is 18.0. The van der Waals surface area contributed by atoms with Crippen LogP contribution in [0.4, 0.5) is 5.00 Å². The van der Waals surface area contributed by atoms with Gasteiger partial charge in [0.2, 0.25) is 0 Å². The van der Waals surface area contributed by atoms with Gasteiger partial charge in [-0.1, -0.05) is 17.4 Å². The van der Waals surface area contributed by atoms with E-state index in [9.17, 15) is 25.2 Å². The second-order valence-corrected chi connectivity index (χ2v) is 8.43. The van der Waals surface area contributed by atoms with Crippen LogP contribution in [0, 0.1) is 22.7 Å². The number of nitrogens with one attached hydrogen (secondary N) is 1. The average molecular weight is 506 g/mol. The molecule has 0 fully saturated rings. The van der Waals surface area contributed by atoms with Crippen molar-refractivity contribution >= 4 is 39.7 Å². The van der Waals surface area contributed by atoms with E-state index in [4.69, 9.17) is 11.6 Å². The molecule has 2 aromatic rings.